The summed E-state index contributed by atoms with van der Waals surface area (Å²) in [6.45, 7) is 2.00. The van der Waals surface area contributed by atoms with Crippen LogP contribution in [0.4, 0.5) is 0 Å². The second-order valence-corrected chi connectivity index (χ2v) is 3.74. The molecule has 1 aromatic rings. The quantitative estimate of drug-likeness (QED) is 0.720. The molecular formula is C9H13N3O3. The van der Waals surface area contributed by atoms with Gasteiger partial charge in [-0.25, -0.2) is 0 Å². The van der Waals surface area contributed by atoms with Gasteiger partial charge >= 0.3 is 5.97 Å². The first-order valence-electron chi connectivity index (χ1n) is 4.98. The molecule has 1 saturated heterocycles. The molecule has 1 aliphatic heterocycles. The molecule has 0 aromatic carbocycles. The van der Waals surface area contributed by atoms with Gasteiger partial charge in [0, 0.05) is 6.42 Å². The Bertz CT molecular complexity index is 344. The average Bonchev–Trinajstić information content (AvgIpc) is 2.77. The van der Waals surface area contributed by atoms with Crippen LogP contribution in [0.5, 0.6) is 0 Å². The van der Waals surface area contributed by atoms with Crippen molar-refractivity contribution < 1.29 is 14.4 Å². The summed E-state index contributed by atoms with van der Waals surface area (Å²) in [5.41, 5.74) is 0. The smallest absolute Gasteiger partial charge is 0.311 e. The second kappa shape index (κ2) is 4.39. The Hall–Kier alpha value is -1.43. The Kier molecular flexibility index (Phi) is 2.96. The van der Waals surface area contributed by atoms with E-state index in [4.69, 9.17) is 9.63 Å². The second-order valence-electron chi connectivity index (χ2n) is 3.74. The fraction of sp³-hybridized carbons (Fsp3) is 0.667. The summed E-state index contributed by atoms with van der Waals surface area (Å²) in [5.74, 6) is 0.386. The Morgan fingerprint density at radius 3 is 3.20 bits per heavy atom. The van der Waals surface area contributed by atoms with Crippen LogP contribution in [0.15, 0.2) is 4.52 Å². The van der Waals surface area contributed by atoms with Crippen molar-refractivity contribution in [3.8, 4) is 0 Å². The fourth-order valence-corrected chi connectivity index (χ4v) is 1.72. The maximum Gasteiger partial charge on any atom is 0.311 e. The summed E-state index contributed by atoms with van der Waals surface area (Å²) >= 11 is 0. The summed E-state index contributed by atoms with van der Waals surface area (Å²) in [6, 6.07) is 0. The maximum absolute atomic E-state index is 10.4. The van der Waals surface area contributed by atoms with Crippen molar-refractivity contribution in [2.75, 3.05) is 13.1 Å². The van der Waals surface area contributed by atoms with Gasteiger partial charge in [0.05, 0.1) is 0 Å². The molecule has 1 atom stereocenters. The van der Waals surface area contributed by atoms with Crippen LogP contribution in [0, 0.1) is 5.92 Å². The summed E-state index contributed by atoms with van der Waals surface area (Å²) in [7, 11) is 0. The van der Waals surface area contributed by atoms with E-state index in [-0.39, 0.29) is 12.2 Å². The van der Waals surface area contributed by atoms with Crippen molar-refractivity contribution in [3.05, 3.63) is 11.7 Å². The third kappa shape index (κ3) is 2.76. The number of hydrogen-bond acceptors (Lipinski definition) is 5. The van der Waals surface area contributed by atoms with Crippen LogP contribution in [0.1, 0.15) is 18.1 Å². The van der Waals surface area contributed by atoms with Crippen LogP contribution in [0.2, 0.25) is 0 Å². The normalized spacial score (nSPS) is 20.7. The first-order valence-corrected chi connectivity index (χ1v) is 4.98. The molecule has 0 saturated carbocycles. The van der Waals surface area contributed by atoms with E-state index in [1.165, 1.54) is 0 Å². The van der Waals surface area contributed by atoms with Crippen molar-refractivity contribution in [2.24, 2.45) is 5.92 Å². The Balaban J connectivity index is 1.91. The zero-order valence-corrected chi connectivity index (χ0v) is 8.27. The van der Waals surface area contributed by atoms with E-state index in [1.54, 1.807) is 0 Å². The minimum Gasteiger partial charge on any atom is -0.481 e. The molecule has 0 radical (unpaired) electrons. The molecule has 0 amide bonds. The van der Waals surface area contributed by atoms with Gasteiger partial charge in [0.15, 0.2) is 5.82 Å². The lowest BCUT2D eigenvalue weighted by Gasteiger charge is -2.01. The molecule has 15 heavy (non-hydrogen) atoms. The highest BCUT2D eigenvalue weighted by Gasteiger charge is 2.18. The molecule has 0 spiro atoms. The highest BCUT2D eigenvalue weighted by atomic mass is 16.5. The van der Waals surface area contributed by atoms with Gasteiger partial charge in [0.25, 0.3) is 0 Å². The van der Waals surface area contributed by atoms with Crippen molar-refractivity contribution in [2.45, 2.75) is 19.3 Å². The standard InChI is InChI=1S/C9H13N3O3/c13-9(14)4-7-11-8(15-12-7)3-6-1-2-10-5-6/h6,10H,1-5H2,(H,13,14). The van der Waals surface area contributed by atoms with Gasteiger partial charge in [0.2, 0.25) is 5.89 Å². The highest BCUT2D eigenvalue weighted by molar-refractivity contribution is 5.68. The lowest BCUT2D eigenvalue weighted by molar-refractivity contribution is -0.136. The molecule has 2 rings (SSSR count). The van der Waals surface area contributed by atoms with Crippen molar-refractivity contribution >= 4 is 5.97 Å². The third-order valence-corrected chi connectivity index (χ3v) is 2.45. The Morgan fingerprint density at radius 1 is 1.67 bits per heavy atom. The summed E-state index contributed by atoms with van der Waals surface area (Å²) in [5, 5.41) is 15.4. The van der Waals surface area contributed by atoms with Crippen LogP contribution in [-0.4, -0.2) is 34.3 Å². The molecule has 1 fully saturated rings. The predicted molar refractivity (Wildman–Crippen MR) is 50.3 cm³/mol. The molecule has 1 aromatic heterocycles. The molecule has 6 heteroatoms. The lowest BCUT2D eigenvalue weighted by Crippen LogP contribution is -2.11. The van der Waals surface area contributed by atoms with Crippen LogP contribution < -0.4 is 5.32 Å². The van der Waals surface area contributed by atoms with E-state index in [0.29, 0.717) is 11.8 Å². The molecule has 1 aliphatic rings. The molecule has 2 N–H and O–H groups in total. The first-order chi connectivity index (χ1) is 7.24. The summed E-state index contributed by atoms with van der Waals surface area (Å²) in [6.07, 6.45) is 1.67. The van der Waals surface area contributed by atoms with E-state index in [0.717, 1.165) is 25.9 Å². The van der Waals surface area contributed by atoms with E-state index < -0.39 is 5.97 Å². The minimum atomic E-state index is -0.940. The molecule has 6 nitrogen and oxygen atoms in total. The largest absolute Gasteiger partial charge is 0.481 e. The van der Waals surface area contributed by atoms with Crippen LogP contribution >= 0.6 is 0 Å². The molecule has 0 bridgehead atoms. The molecular weight excluding hydrogens is 198 g/mol. The monoisotopic (exact) mass is 211 g/mol. The number of aromatic nitrogens is 2. The van der Waals surface area contributed by atoms with E-state index in [1.807, 2.05) is 0 Å². The highest BCUT2D eigenvalue weighted by Crippen LogP contribution is 2.13. The molecule has 82 valence electrons. The predicted octanol–water partition coefficient (Wildman–Crippen LogP) is -0.151. The van der Waals surface area contributed by atoms with Crippen molar-refractivity contribution in [3.63, 3.8) is 0 Å². The van der Waals surface area contributed by atoms with Crippen molar-refractivity contribution in [1.29, 1.82) is 0 Å². The number of nitrogens with one attached hydrogen (secondary N) is 1. The first kappa shape index (κ1) is 10.1. The SMILES string of the molecule is O=C(O)Cc1noc(CC2CCNC2)n1. The van der Waals surface area contributed by atoms with E-state index in [2.05, 4.69) is 15.5 Å². The zero-order chi connectivity index (χ0) is 10.7. The number of hydrogen-bond donors (Lipinski definition) is 2. The van der Waals surface area contributed by atoms with Gasteiger partial charge in [-0.2, -0.15) is 4.98 Å². The number of carboxylic acid groups (broad SMARTS) is 1. The summed E-state index contributed by atoms with van der Waals surface area (Å²) < 4.78 is 4.98. The maximum atomic E-state index is 10.4. The zero-order valence-electron chi connectivity index (χ0n) is 8.27. The number of aliphatic carboxylic acids is 1. The van der Waals surface area contributed by atoms with Crippen LogP contribution in [0.25, 0.3) is 0 Å². The lowest BCUT2D eigenvalue weighted by atomic mass is 10.1. The van der Waals surface area contributed by atoms with Gasteiger partial charge in [-0.1, -0.05) is 5.16 Å². The van der Waals surface area contributed by atoms with Gasteiger partial charge in [0.1, 0.15) is 6.42 Å². The summed E-state index contributed by atoms with van der Waals surface area (Å²) in [4.78, 5) is 14.4. The van der Waals surface area contributed by atoms with Gasteiger partial charge in [-0.15, -0.1) is 0 Å². The fourth-order valence-electron chi connectivity index (χ4n) is 1.72. The Morgan fingerprint density at radius 2 is 2.53 bits per heavy atom. The number of carboxylic acids is 1. The number of rotatable bonds is 4. The average molecular weight is 211 g/mol. The van der Waals surface area contributed by atoms with Gasteiger partial charge < -0.3 is 14.9 Å². The number of nitrogens with zero attached hydrogens (tertiary/aromatic N) is 2. The van der Waals surface area contributed by atoms with Crippen LogP contribution in [0.3, 0.4) is 0 Å². The van der Waals surface area contributed by atoms with Gasteiger partial charge in [-0.3, -0.25) is 4.79 Å². The van der Waals surface area contributed by atoms with Gasteiger partial charge in [-0.05, 0) is 25.4 Å². The van der Waals surface area contributed by atoms with E-state index >= 15 is 0 Å². The van der Waals surface area contributed by atoms with Crippen molar-refractivity contribution in [1.82, 2.24) is 15.5 Å². The topological polar surface area (TPSA) is 88.2 Å². The number of carbonyl (C=O) groups is 1. The molecule has 1 unspecified atom stereocenters. The van der Waals surface area contributed by atoms with E-state index in [9.17, 15) is 4.79 Å². The molecule has 2 heterocycles. The molecule has 0 aliphatic carbocycles. The Labute approximate surface area is 86.7 Å². The minimum absolute atomic E-state index is 0.174. The third-order valence-electron chi connectivity index (χ3n) is 2.45. The van der Waals surface area contributed by atoms with Crippen LogP contribution in [-0.2, 0) is 17.6 Å².